The van der Waals surface area contributed by atoms with E-state index in [4.69, 9.17) is 5.73 Å². The monoisotopic (exact) mass is 180 g/mol. The Hall–Kier alpha value is -1.78. The quantitative estimate of drug-likeness (QED) is 0.610. The summed E-state index contributed by atoms with van der Waals surface area (Å²) in [6, 6.07) is 3.56. The lowest BCUT2D eigenvalue weighted by molar-refractivity contribution is -0.116. The number of nitrogens with zero attached hydrogens (tertiary/aromatic N) is 1. The largest absolute Gasteiger partial charge is 0.376 e. The van der Waals surface area contributed by atoms with E-state index in [1.165, 1.54) is 0 Å². The van der Waals surface area contributed by atoms with Crippen molar-refractivity contribution in [2.75, 3.05) is 24.2 Å². The molecule has 1 amide bonds. The minimum absolute atomic E-state index is 0.132. The minimum atomic E-state index is -0.386. The van der Waals surface area contributed by atoms with Crippen LogP contribution in [0.25, 0.3) is 0 Å². The Kier molecular flexibility index (Phi) is 3.08. The fourth-order valence-corrected chi connectivity index (χ4v) is 0.866. The lowest BCUT2D eigenvalue weighted by Gasteiger charge is -2.04. The van der Waals surface area contributed by atoms with Crippen molar-refractivity contribution in [3.05, 3.63) is 18.3 Å². The summed E-state index contributed by atoms with van der Waals surface area (Å²) < 4.78 is 0. The van der Waals surface area contributed by atoms with Crippen molar-refractivity contribution in [2.45, 2.75) is 0 Å². The van der Waals surface area contributed by atoms with Gasteiger partial charge in [-0.2, -0.15) is 0 Å². The Labute approximate surface area is 76.3 Å². The summed E-state index contributed by atoms with van der Waals surface area (Å²) in [5, 5.41) is 5.75. The van der Waals surface area contributed by atoms with E-state index in [9.17, 15) is 4.79 Å². The molecule has 0 aliphatic rings. The van der Waals surface area contributed by atoms with Crippen LogP contribution >= 0.6 is 0 Å². The molecule has 70 valence electrons. The molecule has 0 aliphatic carbocycles. The number of anilines is 2. The molecule has 1 aromatic rings. The van der Waals surface area contributed by atoms with Gasteiger partial charge in [-0.1, -0.05) is 0 Å². The molecule has 0 saturated carbocycles. The summed E-state index contributed by atoms with van der Waals surface area (Å²) >= 11 is 0. The number of carbonyl (C=O) groups excluding carboxylic acids is 1. The first-order valence-electron chi connectivity index (χ1n) is 3.88. The molecule has 13 heavy (non-hydrogen) atoms. The molecule has 0 atom stereocenters. The maximum absolute atomic E-state index is 10.5. The second-order valence-electron chi connectivity index (χ2n) is 2.50. The second kappa shape index (κ2) is 4.30. The summed E-state index contributed by atoms with van der Waals surface area (Å²) in [6.45, 7) is 0.132. The van der Waals surface area contributed by atoms with E-state index in [1.807, 2.05) is 0 Å². The minimum Gasteiger partial charge on any atom is -0.376 e. The summed E-state index contributed by atoms with van der Waals surface area (Å²) in [6.07, 6.45) is 1.65. The Morgan fingerprint density at radius 1 is 1.69 bits per heavy atom. The molecule has 0 aromatic carbocycles. The first kappa shape index (κ1) is 9.31. The van der Waals surface area contributed by atoms with Gasteiger partial charge < -0.3 is 16.4 Å². The molecule has 1 heterocycles. The molecule has 4 N–H and O–H groups in total. The zero-order valence-corrected chi connectivity index (χ0v) is 7.37. The van der Waals surface area contributed by atoms with Crippen molar-refractivity contribution in [1.29, 1.82) is 0 Å². The van der Waals surface area contributed by atoms with Gasteiger partial charge in [0, 0.05) is 25.0 Å². The lowest BCUT2D eigenvalue weighted by Crippen LogP contribution is -2.21. The van der Waals surface area contributed by atoms with Gasteiger partial charge in [-0.25, -0.2) is 4.98 Å². The van der Waals surface area contributed by atoms with Crippen LogP contribution in [0.3, 0.4) is 0 Å². The average molecular weight is 180 g/mol. The highest BCUT2D eigenvalue weighted by Gasteiger charge is 1.96. The van der Waals surface area contributed by atoms with E-state index in [2.05, 4.69) is 15.6 Å². The number of hydrogen-bond donors (Lipinski definition) is 3. The third kappa shape index (κ3) is 2.98. The maximum Gasteiger partial charge on any atom is 0.236 e. The molecular weight excluding hydrogens is 168 g/mol. The van der Waals surface area contributed by atoms with Gasteiger partial charge in [0.1, 0.15) is 5.82 Å². The molecule has 1 rings (SSSR count). The first-order chi connectivity index (χ1) is 6.22. The van der Waals surface area contributed by atoms with Gasteiger partial charge in [-0.15, -0.1) is 0 Å². The number of amides is 1. The van der Waals surface area contributed by atoms with Gasteiger partial charge >= 0.3 is 0 Å². The van der Waals surface area contributed by atoms with Gasteiger partial charge in [0.2, 0.25) is 5.91 Å². The molecule has 0 radical (unpaired) electrons. The average Bonchev–Trinajstić information content (AvgIpc) is 2.15. The fourth-order valence-electron chi connectivity index (χ4n) is 0.866. The molecule has 1 aromatic heterocycles. The second-order valence-corrected chi connectivity index (χ2v) is 2.50. The number of nitrogens with one attached hydrogen (secondary N) is 2. The van der Waals surface area contributed by atoms with Gasteiger partial charge in [0.25, 0.3) is 0 Å². The number of nitrogens with two attached hydrogens (primary N) is 1. The van der Waals surface area contributed by atoms with Crippen molar-refractivity contribution in [2.24, 2.45) is 5.73 Å². The summed E-state index contributed by atoms with van der Waals surface area (Å²) in [5.74, 6) is 0.359. The maximum atomic E-state index is 10.5. The normalized spacial score (nSPS) is 9.31. The lowest BCUT2D eigenvalue weighted by atomic mass is 10.4. The Morgan fingerprint density at radius 3 is 3.08 bits per heavy atom. The fraction of sp³-hybridized carbons (Fsp3) is 0.250. The Bertz CT molecular complexity index is 300. The number of primary amides is 1. The summed E-state index contributed by atoms with van der Waals surface area (Å²) in [5.41, 5.74) is 5.80. The van der Waals surface area contributed by atoms with E-state index >= 15 is 0 Å². The van der Waals surface area contributed by atoms with Crippen LogP contribution in [0.4, 0.5) is 11.5 Å². The van der Waals surface area contributed by atoms with E-state index in [-0.39, 0.29) is 12.5 Å². The van der Waals surface area contributed by atoms with Crippen molar-refractivity contribution in [1.82, 2.24) is 4.98 Å². The highest BCUT2D eigenvalue weighted by molar-refractivity contribution is 5.78. The van der Waals surface area contributed by atoms with Crippen LogP contribution in [-0.2, 0) is 4.79 Å². The van der Waals surface area contributed by atoms with Gasteiger partial charge in [0.15, 0.2) is 0 Å². The SMILES string of the molecule is CNc1cc(NCC(N)=O)ccn1. The predicted octanol–water partition coefficient (Wildman–Crippen LogP) is 0.0205. The van der Waals surface area contributed by atoms with Crippen LogP contribution in [0.2, 0.25) is 0 Å². The van der Waals surface area contributed by atoms with E-state index in [0.717, 1.165) is 11.5 Å². The molecule has 0 fully saturated rings. The molecule has 0 bridgehead atoms. The van der Waals surface area contributed by atoms with E-state index in [1.54, 1.807) is 25.4 Å². The third-order valence-corrected chi connectivity index (χ3v) is 1.48. The van der Waals surface area contributed by atoms with Gasteiger partial charge in [-0.3, -0.25) is 4.79 Å². The number of hydrogen-bond acceptors (Lipinski definition) is 4. The predicted molar refractivity (Wildman–Crippen MR) is 51.5 cm³/mol. The zero-order chi connectivity index (χ0) is 9.68. The Balaban J connectivity index is 2.61. The van der Waals surface area contributed by atoms with Crippen LogP contribution in [0.15, 0.2) is 18.3 Å². The van der Waals surface area contributed by atoms with Crippen molar-refractivity contribution >= 4 is 17.4 Å². The zero-order valence-electron chi connectivity index (χ0n) is 7.37. The third-order valence-electron chi connectivity index (χ3n) is 1.48. The highest BCUT2D eigenvalue weighted by atomic mass is 16.1. The number of pyridine rings is 1. The van der Waals surface area contributed by atoms with Crippen molar-refractivity contribution < 1.29 is 4.79 Å². The van der Waals surface area contributed by atoms with Crippen molar-refractivity contribution in [3.8, 4) is 0 Å². The van der Waals surface area contributed by atoms with Crippen LogP contribution in [0.1, 0.15) is 0 Å². The smallest absolute Gasteiger partial charge is 0.236 e. The van der Waals surface area contributed by atoms with Crippen LogP contribution < -0.4 is 16.4 Å². The molecule has 0 saturated heterocycles. The highest BCUT2D eigenvalue weighted by Crippen LogP contribution is 2.10. The molecule has 0 spiro atoms. The molecular formula is C8H12N4O. The Morgan fingerprint density at radius 2 is 2.46 bits per heavy atom. The molecule has 5 nitrogen and oxygen atoms in total. The summed E-state index contributed by atoms with van der Waals surface area (Å²) in [7, 11) is 1.78. The topological polar surface area (TPSA) is 80.0 Å². The standard InChI is InChI=1S/C8H12N4O/c1-10-8-4-6(2-3-11-8)12-5-7(9)13/h2-4H,5H2,1H3,(H2,9,13)(H2,10,11,12). The van der Waals surface area contributed by atoms with E-state index < -0.39 is 0 Å². The van der Waals surface area contributed by atoms with Gasteiger partial charge in [0.05, 0.1) is 6.54 Å². The van der Waals surface area contributed by atoms with Crippen LogP contribution in [0, 0.1) is 0 Å². The summed E-state index contributed by atoms with van der Waals surface area (Å²) in [4.78, 5) is 14.5. The number of aromatic nitrogens is 1. The number of rotatable bonds is 4. The first-order valence-corrected chi connectivity index (χ1v) is 3.88. The number of carbonyl (C=O) groups is 1. The van der Waals surface area contributed by atoms with Crippen LogP contribution in [0.5, 0.6) is 0 Å². The van der Waals surface area contributed by atoms with Crippen LogP contribution in [-0.4, -0.2) is 24.5 Å². The van der Waals surface area contributed by atoms with E-state index in [0.29, 0.717) is 0 Å². The van der Waals surface area contributed by atoms with Gasteiger partial charge in [-0.05, 0) is 6.07 Å². The van der Waals surface area contributed by atoms with Crippen molar-refractivity contribution in [3.63, 3.8) is 0 Å². The molecule has 0 unspecified atom stereocenters. The molecule has 5 heteroatoms. The molecule has 0 aliphatic heterocycles.